The third-order valence-electron chi connectivity index (χ3n) is 17.1. The van der Waals surface area contributed by atoms with Crippen molar-refractivity contribution in [3.8, 4) is 22.3 Å². The van der Waals surface area contributed by atoms with Gasteiger partial charge in [-0.15, -0.1) is 0 Å². The van der Waals surface area contributed by atoms with Crippen LogP contribution >= 0.6 is 0 Å². The molecule has 2 aliphatic heterocycles. The van der Waals surface area contributed by atoms with Gasteiger partial charge in [-0.3, -0.25) is 0 Å². The van der Waals surface area contributed by atoms with Crippen molar-refractivity contribution in [2.45, 2.75) is 162 Å². The van der Waals surface area contributed by atoms with Crippen LogP contribution < -0.4 is 26.8 Å². The molecule has 7 aromatic rings. The molecule has 0 radical (unpaired) electrons. The second-order valence-corrected chi connectivity index (χ2v) is 25.7. The Morgan fingerprint density at radius 1 is 0.537 bits per heavy atom. The van der Waals surface area contributed by atoms with Crippen molar-refractivity contribution < 1.29 is 4.42 Å². The van der Waals surface area contributed by atoms with Gasteiger partial charge in [0, 0.05) is 33.6 Å². The molecule has 342 valence electrons. The lowest BCUT2D eigenvalue weighted by Gasteiger charge is -2.46. The molecule has 1 aromatic heterocycles. The minimum atomic E-state index is -0.133. The van der Waals surface area contributed by atoms with E-state index in [0.29, 0.717) is 0 Å². The van der Waals surface area contributed by atoms with Gasteiger partial charge in [0.05, 0.1) is 17.0 Å². The van der Waals surface area contributed by atoms with E-state index in [4.69, 9.17) is 4.42 Å². The predicted molar refractivity (Wildman–Crippen MR) is 289 cm³/mol. The van der Waals surface area contributed by atoms with Crippen LogP contribution in [0.4, 0.5) is 28.4 Å². The van der Waals surface area contributed by atoms with Crippen LogP contribution in [0.3, 0.4) is 0 Å². The SMILES string of the molecule is Cc1cc2c3c(c1-c1ccc(C(C)(C)C)cc1)Nc1c(oc4cc5c(cc14)C(C)(C)CCC5(C)C)B3c1cc3c(cc1N2c1ccc(C(C)(C)C)cc1-c1ccccc1)C(C)(C)CCC3(C)C. The molecule has 0 amide bonds. The lowest BCUT2D eigenvalue weighted by atomic mass is 9.35. The molecule has 6 aromatic carbocycles. The molecule has 3 nitrogen and oxygen atoms in total. The number of hydrogen-bond donors (Lipinski definition) is 1. The van der Waals surface area contributed by atoms with E-state index in [1.807, 2.05) is 0 Å². The van der Waals surface area contributed by atoms with E-state index in [1.165, 1.54) is 100 Å². The minimum absolute atomic E-state index is 0.0183. The number of nitrogens with one attached hydrogen (secondary N) is 1. The second kappa shape index (κ2) is 14.3. The van der Waals surface area contributed by atoms with Crippen LogP contribution in [-0.4, -0.2) is 6.71 Å². The summed E-state index contributed by atoms with van der Waals surface area (Å²) in [5, 5.41) is 5.45. The highest BCUT2D eigenvalue weighted by molar-refractivity contribution is 7.00. The van der Waals surface area contributed by atoms with E-state index in [1.54, 1.807) is 0 Å². The monoisotopic (exact) mass is 883 g/mol. The minimum Gasteiger partial charge on any atom is -0.468 e. The third kappa shape index (κ3) is 6.73. The lowest BCUT2D eigenvalue weighted by Crippen LogP contribution is -2.60. The molecule has 11 rings (SSSR count). The van der Waals surface area contributed by atoms with Crippen LogP contribution in [0.5, 0.6) is 0 Å². The van der Waals surface area contributed by atoms with E-state index in [0.717, 1.165) is 42.6 Å². The van der Waals surface area contributed by atoms with Crippen molar-refractivity contribution in [1.82, 2.24) is 0 Å². The Morgan fingerprint density at radius 2 is 1.09 bits per heavy atom. The van der Waals surface area contributed by atoms with Crippen molar-refractivity contribution in [3.05, 3.63) is 142 Å². The molecule has 4 heteroatoms. The van der Waals surface area contributed by atoms with Gasteiger partial charge in [0.15, 0.2) is 0 Å². The van der Waals surface area contributed by atoms with Gasteiger partial charge in [-0.2, -0.15) is 0 Å². The highest BCUT2D eigenvalue weighted by atomic mass is 16.3. The number of nitrogens with zero attached hydrogens (tertiary/aromatic N) is 1. The Balaban J connectivity index is 1.28. The number of hydrogen-bond acceptors (Lipinski definition) is 3. The van der Waals surface area contributed by atoms with Gasteiger partial charge in [0.1, 0.15) is 5.58 Å². The van der Waals surface area contributed by atoms with E-state index >= 15 is 0 Å². The molecule has 0 bridgehead atoms. The van der Waals surface area contributed by atoms with Crippen LogP contribution in [0.15, 0.2) is 108 Å². The normalized spacial score (nSPS) is 18.4. The van der Waals surface area contributed by atoms with E-state index in [-0.39, 0.29) is 39.2 Å². The Labute approximate surface area is 401 Å². The van der Waals surface area contributed by atoms with Crippen LogP contribution in [-0.2, 0) is 32.5 Å². The van der Waals surface area contributed by atoms with Crippen molar-refractivity contribution in [2.24, 2.45) is 0 Å². The maximum Gasteiger partial charge on any atom is 0.297 e. The first-order valence-electron chi connectivity index (χ1n) is 25.2. The quantitative estimate of drug-likeness (QED) is 0.179. The fourth-order valence-corrected chi connectivity index (χ4v) is 12.5. The van der Waals surface area contributed by atoms with Crippen LogP contribution in [0, 0.1) is 6.92 Å². The molecule has 0 atom stereocenters. The maximum absolute atomic E-state index is 7.50. The molecule has 3 heterocycles. The molecular weight excluding hydrogens is 812 g/mol. The van der Waals surface area contributed by atoms with Gasteiger partial charge < -0.3 is 14.6 Å². The fourth-order valence-electron chi connectivity index (χ4n) is 12.5. The average Bonchev–Trinajstić information content (AvgIpc) is 3.63. The highest BCUT2D eigenvalue weighted by Gasteiger charge is 2.49. The molecule has 67 heavy (non-hydrogen) atoms. The summed E-state index contributed by atoms with van der Waals surface area (Å²) < 4.78 is 7.50. The summed E-state index contributed by atoms with van der Waals surface area (Å²) in [6.45, 7) is 35.7. The lowest BCUT2D eigenvalue weighted by molar-refractivity contribution is 0.332. The zero-order chi connectivity index (χ0) is 47.5. The predicted octanol–water partition coefficient (Wildman–Crippen LogP) is 15.7. The summed E-state index contributed by atoms with van der Waals surface area (Å²) in [7, 11) is 0. The van der Waals surface area contributed by atoms with Gasteiger partial charge in [-0.05, 0) is 162 Å². The largest absolute Gasteiger partial charge is 0.468 e. The standard InChI is InChI=1S/C63H71BN2O/c1-37-31-51-54-56(53(37)39-21-23-40(24-22-39)58(2,3)4)65-55-43-33-44-47(63(14,15)30-27-60(44,8)9)36-52(43)67-57(55)64(54)48-34-45-46(62(12,13)29-28-61(45,10)11)35-50(48)66(51)49-26-25-41(59(5,6)7)32-42(49)38-19-17-16-18-20-38/h16-26,31-36,65H,27-30H2,1-15H3. The first-order chi connectivity index (χ1) is 31.4. The third-order valence-corrected chi connectivity index (χ3v) is 17.1. The Kier molecular flexibility index (Phi) is 9.39. The Hall–Kier alpha value is -5.48. The van der Waals surface area contributed by atoms with Crippen molar-refractivity contribution in [3.63, 3.8) is 0 Å². The van der Waals surface area contributed by atoms with E-state index in [2.05, 4.69) is 217 Å². The van der Waals surface area contributed by atoms with Crippen LogP contribution in [0.2, 0.25) is 0 Å². The van der Waals surface area contributed by atoms with Crippen LogP contribution in [0.25, 0.3) is 33.2 Å². The molecule has 2 aliphatic carbocycles. The highest BCUT2D eigenvalue weighted by Crippen LogP contribution is 2.54. The molecule has 0 spiro atoms. The van der Waals surface area contributed by atoms with Crippen molar-refractivity contribution >= 4 is 62.7 Å². The molecule has 0 unspecified atom stereocenters. The molecule has 1 N–H and O–H groups in total. The number of anilines is 5. The van der Waals surface area contributed by atoms with E-state index < -0.39 is 0 Å². The molecular formula is C63H71BN2O. The smallest absolute Gasteiger partial charge is 0.297 e. The van der Waals surface area contributed by atoms with Gasteiger partial charge in [-0.1, -0.05) is 164 Å². The number of benzene rings is 6. The van der Waals surface area contributed by atoms with Crippen LogP contribution in [0.1, 0.15) is 162 Å². The number of rotatable bonds is 3. The Bertz CT molecular complexity index is 3180. The maximum atomic E-state index is 7.50. The van der Waals surface area contributed by atoms with E-state index in [9.17, 15) is 0 Å². The molecule has 0 saturated heterocycles. The first-order valence-corrected chi connectivity index (χ1v) is 25.2. The summed E-state index contributed by atoms with van der Waals surface area (Å²) in [6.07, 6.45) is 4.62. The number of aryl methyl sites for hydroxylation is 1. The van der Waals surface area contributed by atoms with Crippen molar-refractivity contribution in [2.75, 3.05) is 10.2 Å². The van der Waals surface area contributed by atoms with Gasteiger partial charge in [0.2, 0.25) is 0 Å². The van der Waals surface area contributed by atoms with Gasteiger partial charge in [0.25, 0.3) is 6.71 Å². The first kappa shape index (κ1) is 44.1. The number of furan rings is 1. The molecule has 4 aliphatic rings. The van der Waals surface area contributed by atoms with Gasteiger partial charge in [-0.25, -0.2) is 0 Å². The summed E-state index contributed by atoms with van der Waals surface area (Å²) in [5.41, 5.74) is 25.5. The molecule has 0 saturated carbocycles. The number of fused-ring (bicyclic) bond motifs is 8. The summed E-state index contributed by atoms with van der Waals surface area (Å²) in [5.74, 6) is 0. The zero-order valence-corrected chi connectivity index (χ0v) is 43.1. The summed E-state index contributed by atoms with van der Waals surface area (Å²) in [4.78, 5) is 2.65. The average molecular weight is 883 g/mol. The second-order valence-electron chi connectivity index (χ2n) is 25.7. The van der Waals surface area contributed by atoms with Gasteiger partial charge >= 0.3 is 0 Å². The zero-order valence-electron chi connectivity index (χ0n) is 43.1. The summed E-state index contributed by atoms with van der Waals surface area (Å²) >= 11 is 0. The fraction of sp³-hybridized carbons (Fsp3) is 0.397. The molecule has 0 fully saturated rings. The topological polar surface area (TPSA) is 28.4 Å². The Morgan fingerprint density at radius 3 is 1.69 bits per heavy atom. The summed E-state index contributed by atoms with van der Waals surface area (Å²) in [6, 6.07) is 40.4. The van der Waals surface area contributed by atoms with Crippen molar-refractivity contribution in [1.29, 1.82) is 0 Å².